The van der Waals surface area contributed by atoms with Crippen molar-refractivity contribution in [2.24, 2.45) is 11.8 Å². The number of hydrogen-bond donors (Lipinski definition) is 0. The lowest BCUT2D eigenvalue weighted by Crippen LogP contribution is -2.53. The maximum absolute atomic E-state index is 14.3. The van der Waals surface area contributed by atoms with Crippen LogP contribution in [-0.4, -0.2) is 25.9 Å². The minimum absolute atomic E-state index is 0.0278. The number of rotatable bonds is 4. The van der Waals surface area contributed by atoms with E-state index in [4.69, 9.17) is 0 Å². The molecule has 0 radical (unpaired) electrons. The summed E-state index contributed by atoms with van der Waals surface area (Å²) in [5, 5.41) is 0. The second-order valence-electron chi connectivity index (χ2n) is 9.73. The molecule has 7 rings (SSSR count). The van der Waals surface area contributed by atoms with Gasteiger partial charge in [0.15, 0.2) is 0 Å². The highest BCUT2D eigenvalue weighted by Crippen LogP contribution is 2.59. The van der Waals surface area contributed by atoms with Crippen molar-refractivity contribution >= 4 is 23.2 Å². The second kappa shape index (κ2) is 8.80. The Hall–Kier alpha value is -4.18. The molecule has 178 valence electrons. The third kappa shape index (κ3) is 3.36. The predicted octanol–water partition coefficient (Wildman–Crippen LogP) is 5.84. The Morgan fingerprint density at radius 1 is 0.472 bits per heavy atom. The molecule has 0 saturated heterocycles. The summed E-state index contributed by atoms with van der Waals surface area (Å²) >= 11 is 0. The van der Waals surface area contributed by atoms with Crippen LogP contribution in [0.15, 0.2) is 109 Å². The van der Waals surface area contributed by atoms with E-state index < -0.39 is 11.8 Å². The van der Waals surface area contributed by atoms with Gasteiger partial charge in [-0.2, -0.15) is 0 Å². The number of carbonyl (C=O) groups excluding carboxylic acids is 2. The minimum atomic E-state index is -0.510. The summed E-state index contributed by atoms with van der Waals surface area (Å²) in [7, 11) is 3.64. The van der Waals surface area contributed by atoms with Crippen LogP contribution in [0.5, 0.6) is 0 Å². The molecule has 2 atom stereocenters. The van der Waals surface area contributed by atoms with Crippen molar-refractivity contribution in [1.29, 1.82) is 0 Å². The summed E-state index contributed by atoms with van der Waals surface area (Å²) in [5.41, 5.74) is 6.29. The molecule has 3 aliphatic rings. The van der Waals surface area contributed by atoms with Crippen LogP contribution in [0.3, 0.4) is 0 Å². The third-order valence-electron chi connectivity index (χ3n) is 7.96. The van der Waals surface area contributed by atoms with Gasteiger partial charge in [0.2, 0.25) is 11.8 Å². The Balaban J connectivity index is 1.53. The summed E-state index contributed by atoms with van der Waals surface area (Å²) in [5.74, 6) is -1.44. The molecule has 4 aromatic carbocycles. The molecular formula is C32H28N2O2. The Morgan fingerprint density at radius 3 is 1.06 bits per heavy atom. The van der Waals surface area contributed by atoms with Gasteiger partial charge in [-0.25, -0.2) is 0 Å². The van der Waals surface area contributed by atoms with Crippen molar-refractivity contribution in [1.82, 2.24) is 0 Å². The fourth-order valence-corrected chi connectivity index (χ4v) is 6.28. The minimum Gasteiger partial charge on any atom is -0.315 e. The van der Waals surface area contributed by atoms with Gasteiger partial charge in [0, 0.05) is 37.3 Å². The van der Waals surface area contributed by atoms with E-state index >= 15 is 0 Å². The predicted molar refractivity (Wildman–Crippen MR) is 143 cm³/mol. The largest absolute Gasteiger partial charge is 0.315 e. The number of anilines is 2. The molecule has 0 saturated carbocycles. The quantitative estimate of drug-likeness (QED) is 0.375. The highest BCUT2D eigenvalue weighted by Gasteiger charge is 2.56. The molecule has 4 nitrogen and oxygen atoms in total. The van der Waals surface area contributed by atoms with Crippen molar-refractivity contribution in [3.63, 3.8) is 0 Å². The molecule has 0 N–H and O–H groups in total. The average Bonchev–Trinajstić information content (AvgIpc) is 2.96. The maximum atomic E-state index is 14.3. The topological polar surface area (TPSA) is 40.6 Å². The first-order chi connectivity index (χ1) is 17.6. The highest BCUT2D eigenvalue weighted by atomic mass is 16.2. The Labute approximate surface area is 211 Å². The molecule has 4 heteroatoms. The van der Waals surface area contributed by atoms with Gasteiger partial charge >= 0.3 is 0 Å². The lowest BCUT2D eigenvalue weighted by molar-refractivity contribution is -0.133. The van der Waals surface area contributed by atoms with E-state index in [9.17, 15) is 9.59 Å². The number of benzene rings is 4. The van der Waals surface area contributed by atoms with Crippen LogP contribution in [0.25, 0.3) is 0 Å². The highest BCUT2D eigenvalue weighted by molar-refractivity contribution is 6.04. The zero-order valence-electron chi connectivity index (χ0n) is 20.4. The first-order valence-electron chi connectivity index (χ1n) is 12.4. The van der Waals surface area contributed by atoms with Crippen molar-refractivity contribution in [2.75, 3.05) is 23.9 Å². The van der Waals surface area contributed by atoms with E-state index in [1.165, 1.54) is 0 Å². The third-order valence-corrected chi connectivity index (χ3v) is 7.96. The molecular weight excluding hydrogens is 444 g/mol. The van der Waals surface area contributed by atoms with Crippen LogP contribution >= 0.6 is 0 Å². The number of hydrogen-bond acceptors (Lipinski definition) is 2. The van der Waals surface area contributed by atoms with Crippen LogP contribution in [0.1, 0.15) is 34.1 Å². The van der Waals surface area contributed by atoms with Gasteiger partial charge in [-0.15, -0.1) is 0 Å². The summed E-state index contributed by atoms with van der Waals surface area (Å²) in [6.07, 6.45) is 0. The molecule has 3 aliphatic carbocycles. The van der Waals surface area contributed by atoms with Crippen molar-refractivity contribution in [2.45, 2.75) is 11.8 Å². The summed E-state index contributed by atoms with van der Waals surface area (Å²) in [6, 6.07) is 36.1. The number of para-hydroxylation sites is 2. The van der Waals surface area contributed by atoms with E-state index in [2.05, 4.69) is 24.3 Å². The van der Waals surface area contributed by atoms with Crippen molar-refractivity contribution in [3.05, 3.63) is 131 Å². The summed E-state index contributed by atoms with van der Waals surface area (Å²) in [4.78, 5) is 32.1. The van der Waals surface area contributed by atoms with Gasteiger partial charge in [0.05, 0.1) is 11.8 Å². The first kappa shape index (κ1) is 22.3. The van der Waals surface area contributed by atoms with Crippen LogP contribution in [0, 0.1) is 11.8 Å². The zero-order valence-corrected chi connectivity index (χ0v) is 20.4. The van der Waals surface area contributed by atoms with Gasteiger partial charge in [0.25, 0.3) is 0 Å². The van der Waals surface area contributed by atoms with E-state index in [1.807, 2.05) is 99.0 Å². The molecule has 2 bridgehead atoms. The van der Waals surface area contributed by atoms with E-state index in [-0.39, 0.29) is 23.7 Å². The number of fused-ring (bicyclic) bond motifs is 1. The normalized spacial score (nSPS) is 21.3. The fourth-order valence-electron chi connectivity index (χ4n) is 6.28. The lowest BCUT2D eigenvalue weighted by atomic mass is 9.53. The van der Waals surface area contributed by atoms with E-state index in [0.717, 1.165) is 33.6 Å². The summed E-state index contributed by atoms with van der Waals surface area (Å²) < 4.78 is 0. The smallest absolute Gasteiger partial charge is 0.231 e. The maximum Gasteiger partial charge on any atom is 0.231 e. The van der Waals surface area contributed by atoms with Gasteiger partial charge in [0.1, 0.15) is 0 Å². The molecule has 0 fully saturated rings. The molecule has 4 aromatic rings. The Bertz CT molecular complexity index is 1280. The monoisotopic (exact) mass is 472 g/mol. The average molecular weight is 473 g/mol. The lowest BCUT2D eigenvalue weighted by Gasteiger charge is -2.50. The number of nitrogens with zero attached hydrogens (tertiary/aromatic N) is 2. The Morgan fingerprint density at radius 2 is 0.750 bits per heavy atom. The van der Waals surface area contributed by atoms with Gasteiger partial charge in [-0.3, -0.25) is 9.59 Å². The van der Waals surface area contributed by atoms with E-state index in [1.54, 1.807) is 9.80 Å². The van der Waals surface area contributed by atoms with Crippen LogP contribution in [0.4, 0.5) is 11.4 Å². The standard InChI is InChI=1S/C32H28N2O2/c1-33(21-13-5-3-6-14-21)31(35)29-27-23-17-9-11-19-25(23)28(26-20-12-10-18-24(26)27)30(29)32(36)34(2)22-15-7-4-8-16-22/h3-20,27-30H,1-2H3/t27?,28?,29-,30+. The van der Waals surface area contributed by atoms with Crippen LogP contribution in [-0.2, 0) is 9.59 Å². The zero-order chi connectivity index (χ0) is 24.8. The number of carbonyl (C=O) groups is 2. The van der Waals surface area contributed by atoms with E-state index in [0.29, 0.717) is 0 Å². The molecule has 0 unspecified atom stereocenters. The summed E-state index contributed by atoms with van der Waals surface area (Å²) in [6.45, 7) is 0. The van der Waals surface area contributed by atoms with Crippen LogP contribution in [0.2, 0.25) is 0 Å². The molecule has 0 spiro atoms. The molecule has 2 amide bonds. The molecule has 0 heterocycles. The molecule has 36 heavy (non-hydrogen) atoms. The number of amides is 2. The fraction of sp³-hybridized carbons (Fsp3) is 0.188. The Kier molecular flexibility index (Phi) is 5.45. The van der Waals surface area contributed by atoms with Gasteiger partial charge < -0.3 is 9.80 Å². The SMILES string of the molecule is CN(C(=O)[C@@H]1C2c3ccccc3C(c3ccccc32)[C@@H]1C(=O)N(C)c1ccccc1)c1ccccc1. The first-order valence-corrected chi connectivity index (χ1v) is 12.4. The second-order valence-corrected chi connectivity index (χ2v) is 9.73. The van der Waals surface area contributed by atoms with Crippen LogP contribution < -0.4 is 9.80 Å². The van der Waals surface area contributed by atoms with Gasteiger partial charge in [-0.1, -0.05) is 84.9 Å². The van der Waals surface area contributed by atoms with Crippen molar-refractivity contribution in [3.8, 4) is 0 Å². The van der Waals surface area contributed by atoms with Crippen molar-refractivity contribution < 1.29 is 9.59 Å². The van der Waals surface area contributed by atoms with Gasteiger partial charge in [-0.05, 0) is 46.5 Å². The molecule has 0 aromatic heterocycles. The molecule has 0 aliphatic heterocycles.